The lowest BCUT2D eigenvalue weighted by Gasteiger charge is -2.13. The van der Waals surface area contributed by atoms with Crippen molar-refractivity contribution in [3.8, 4) is 11.8 Å². The number of hydrogen-bond acceptors (Lipinski definition) is 6. The van der Waals surface area contributed by atoms with Crippen molar-refractivity contribution >= 4 is 5.69 Å². The highest BCUT2D eigenvalue weighted by Crippen LogP contribution is 2.26. The smallest absolute Gasteiger partial charge is 0.220 e. The maximum atomic E-state index is 10.3. The lowest BCUT2D eigenvalue weighted by atomic mass is 10.1. The molecule has 0 saturated carbocycles. The molecule has 100 valence electrons. The molecule has 2 rings (SSSR count). The van der Waals surface area contributed by atoms with E-state index in [0.717, 1.165) is 0 Å². The average Bonchev–Trinajstić information content (AvgIpc) is 2.46. The number of para-hydroxylation sites is 1. The molecule has 0 radical (unpaired) electrons. The Morgan fingerprint density at radius 3 is 2.21 bits per heavy atom. The van der Waals surface area contributed by atoms with E-state index in [0.29, 0.717) is 23.0 Å². The summed E-state index contributed by atoms with van der Waals surface area (Å²) in [6, 6.07) is 8.53. The number of nitrogens with two attached hydrogens (primary N) is 1. The molecule has 6 heteroatoms. The van der Waals surface area contributed by atoms with E-state index >= 15 is 0 Å². The highest BCUT2D eigenvalue weighted by Gasteiger charge is 2.18. The lowest BCUT2D eigenvalue weighted by Crippen LogP contribution is -2.09. The number of aromatic nitrogens is 2. The molecule has 1 atom stereocenters. The second-order valence-electron chi connectivity index (χ2n) is 3.84. The molecule has 0 aliphatic heterocycles. The second-order valence-corrected chi connectivity index (χ2v) is 3.84. The van der Waals surface area contributed by atoms with Gasteiger partial charge in [0, 0.05) is 11.3 Å². The van der Waals surface area contributed by atoms with Crippen LogP contribution in [0.5, 0.6) is 11.8 Å². The van der Waals surface area contributed by atoms with Gasteiger partial charge in [0.05, 0.1) is 20.3 Å². The molecule has 6 nitrogen and oxygen atoms in total. The minimum atomic E-state index is -1.04. The van der Waals surface area contributed by atoms with Crippen molar-refractivity contribution < 1.29 is 14.6 Å². The number of aliphatic hydroxyl groups excluding tert-OH is 1. The molecule has 0 spiro atoms. The minimum Gasteiger partial charge on any atom is -0.481 e. The van der Waals surface area contributed by atoms with Gasteiger partial charge in [0.25, 0.3) is 0 Å². The third-order valence-corrected chi connectivity index (χ3v) is 2.65. The molecule has 19 heavy (non-hydrogen) atoms. The van der Waals surface area contributed by atoms with Gasteiger partial charge >= 0.3 is 0 Å². The molecule has 1 heterocycles. The summed E-state index contributed by atoms with van der Waals surface area (Å²) in [6.07, 6.45) is -1.04. The molecular weight excluding hydrogens is 246 g/mol. The van der Waals surface area contributed by atoms with E-state index in [1.165, 1.54) is 20.3 Å². The van der Waals surface area contributed by atoms with Gasteiger partial charge in [-0.1, -0.05) is 18.2 Å². The number of anilines is 1. The summed E-state index contributed by atoms with van der Waals surface area (Å²) >= 11 is 0. The first-order valence-corrected chi connectivity index (χ1v) is 5.65. The molecule has 0 aliphatic carbocycles. The van der Waals surface area contributed by atoms with Crippen LogP contribution in [0.15, 0.2) is 30.3 Å². The fourth-order valence-corrected chi connectivity index (χ4v) is 1.65. The van der Waals surface area contributed by atoms with E-state index in [2.05, 4.69) is 9.97 Å². The van der Waals surface area contributed by atoms with Gasteiger partial charge in [-0.3, -0.25) is 0 Å². The molecule has 0 amide bonds. The standard InChI is InChI=1S/C13H15N3O3/c1-18-10-7-11(19-2)16-13(15-10)12(17)8-5-3-4-6-9(8)14/h3-7,12,17H,14H2,1-2H3. The Bertz CT molecular complexity index is 553. The van der Waals surface area contributed by atoms with E-state index in [-0.39, 0.29) is 5.82 Å². The van der Waals surface area contributed by atoms with Crippen LogP contribution < -0.4 is 15.2 Å². The molecule has 0 aliphatic rings. The van der Waals surface area contributed by atoms with Gasteiger partial charge in [0.1, 0.15) is 6.10 Å². The van der Waals surface area contributed by atoms with Crippen molar-refractivity contribution in [1.29, 1.82) is 0 Å². The molecule has 1 unspecified atom stereocenters. The predicted molar refractivity (Wildman–Crippen MR) is 70.1 cm³/mol. The summed E-state index contributed by atoms with van der Waals surface area (Å²) in [7, 11) is 2.96. The van der Waals surface area contributed by atoms with Crippen molar-refractivity contribution in [3.05, 3.63) is 41.7 Å². The van der Waals surface area contributed by atoms with Gasteiger partial charge < -0.3 is 20.3 Å². The zero-order valence-corrected chi connectivity index (χ0v) is 10.7. The monoisotopic (exact) mass is 261 g/mol. The van der Waals surface area contributed by atoms with Crippen molar-refractivity contribution in [3.63, 3.8) is 0 Å². The quantitative estimate of drug-likeness (QED) is 0.802. The van der Waals surface area contributed by atoms with E-state index in [9.17, 15) is 5.11 Å². The van der Waals surface area contributed by atoms with E-state index in [1.54, 1.807) is 24.3 Å². The van der Waals surface area contributed by atoms with Gasteiger partial charge in [-0.05, 0) is 6.07 Å². The van der Waals surface area contributed by atoms with Crippen LogP contribution in [0.3, 0.4) is 0 Å². The summed E-state index contributed by atoms with van der Waals surface area (Å²) < 4.78 is 10.1. The SMILES string of the molecule is COc1cc(OC)nc(C(O)c2ccccc2N)n1. The topological polar surface area (TPSA) is 90.5 Å². The number of nitrogens with zero attached hydrogens (tertiary/aromatic N) is 2. The first-order valence-electron chi connectivity index (χ1n) is 5.65. The van der Waals surface area contributed by atoms with Gasteiger partial charge in [-0.2, -0.15) is 9.97 Å². The maximum Gasteiger partial charge on any atom is 0.220 e. The number of aliphatic hydroxyl groups is 1. The largest absolute Gasteiger partial charge is 0.481 e. The second kappa shape index (κ2) is 5.53. The van der Waals surface area contributed by atoms with Crippen LogP contribution in [-0.4, -0.2) is 29.3 Å². The number of ether oxygens (including phenoxy) is 2. The Hall–Kier alpha value is -2.34. The zero-order valence-electron chi connectivity index (χ0n) is 10.7. The molecule has 1 aromatic heterocycles. The highest BCUT2D eigenvalue weighted by atomic mass is 16.5. The third kappa shape index (κ3) is 2.74. The van der Waals surface area contributed by atoms with Gasteiger partial charge in [-0.25, -0.2) is 0 Å². The van der Waals surface area contributed by atoms with E-state index in [1.807, 2.05) is 0 Å². The molecule has 1 aromatic carbocycles. The number of methoxy groups -OCH3 is 2. The van der Waals surface area contributed by atoms with Gasteiger partial charge in [0.2, 0.25) is 11.8 Å². The van der Waals surface area contributed by atoms with Crippen LogP contribution in [0.2, 0.25) is 0 Å². The Morgan fingerprint density at radius 1 is 1.11 bits per heavy atom. The third-order valence-electron chi connectivity index (χ3n) is 2.65. The fourth-order valence-electron chi connectivity index (χ4n) is 1.65. The summed E-state index contributed by atoms with van der Waals surface area (Å²) in [6.45, 7) is 0. The number of benzene rings is 1. The Morgan fingerprint density at radius 2 is 1.68 bits per heavy atom. The van der Waals surface area contributed by atoms with E-state index in [4.69, 9.17) is 15.2 Å². The summed E-state index contributed by atoms with van der Waals surface area (Å²) in [4.78, 5) is 8.20. The fraction of sp³-hybridized carbons (Fsp3) is 0.231. The molecule has 2 aromatic rings. The van der Waals surface area contributed by atoms with Gasteiger partial charge in [-0.15, -0.1) is 0 Å². The normalized spacial score (nSPS) is 11.9. The van der Waals surface area contributed by atoms with Crippen LogP contribution in [0.1, 0.15) is 17.5 Å². The molecule has 0 saturated heterocycles. The highest BCUT2D eigenvalue weighted by molar-refractivity contribution is 5.49. The van der Waals surface area contributed by atoms with Crippen molar-refractivity contribution in [1.82, 2.24) is 9.97 Å². The molecule has 3 N–H and O–H groups in total. The zero-order chi connectivity index (χ0) is 13.8. The van der Waals surface area contributed by atoms with E-state index < -0.39 is 6.10 Å². The molecule has 0 bridgehead atoms. The van der Waals surface area contributed by atoms with Crippen molar-refractivity contribution in [2.24, 2.45) is 0 Å². The summed E-state index contributed by atoms with van der Waals surface area (Å²) in [5.74, 6) is 0.805. The average molecular weight is 261 g/mol. The van der Waals surface area contributed by atoms with Crippen LogP contribution in [-0.2, 0) is 0 Å². The summed E-state index contributed by atoms with van der Waals surface area (Å²) in [5, 5.41) is 10.3. The molecular formula is C13H15N3O3. The van der Waals surface area contributed by atoms with Crippen LogP contribution in [0, 0.1) is 0 Å². The minimum absolute atomic E-state index is 0.175. The van der Waals surface area contributed by atoms with Crippen LogP contribution in [0.4, 0.5) is 5.69 Å². The number of nitrogen functional groups attached to an aromatic ring is 1. The van der Waals surface area contributed by atoms with Crippen LogP contribution >= 0.6 is 0 Å². The Labute approximate surface area is 110 Å². The van der Waals surface area contributed by atoms with Crippen molar-refractivity contribution in [2.75, 3.05) is 20.0 Å². The summed E-state index contributed by atoms with van der Waals surface area (Å²) in [5.41, 5.74) is 6.83. The lowest BCUT2D eigenvalue weighted by molar-refractivity contribution is 0.206. The van der Waals surface area contributed by atoms with Gasteiger partial charge in [0.15, 0.2) is 5.82 Å². The van der Waals surface area contributed by atoms with Crippen LogP contribution in [0.25, 0.3) is 0 Å². The molecule has 0 fully saturated rings. The van der Waals surface area contributed by atoms with Crippen molar-refractivity contribution in [2.45, 2.75) is 6.10 Å². The predicted octanol–water partition coefficient (Wildman–Crippen LogP) is 1.16. The number of hydrogen-bond donors (Lipinski definition) is 2. The first-order chi connectivity index (χ1) is 9.15. The Balaban J connectivity index is 2.43. The Kier molecular flexibility index (Phi) is 3.82. The first kappa shape index (κ1) is 13.1. The maximum absolute atomic E-state index is 10.3. The number of rotatable bonds is 4.